The van der Waals surface area contributed by atoms with Gasteiger partial charge in [-0.2, -0.15) is 0 Å². The first-order chi connectivity index (χ1) is 40.7. The lowest BCUT2D eigenvalue weighted by Crippen LogP contribution is -2.33. The third kappa shape index (κ3) is 18.4. The molecule has 488 valence electrons. The van der Waals surface area contributed by atoms with Crippen LogP contribution in [0.2, 0.25) is 0 Å². The van der Waals surface area contributed by atoms with E-state index in [0.29, 0.717) is 29.1 Å². The Morgan fingerprint density at radius 1 is 0.386 bits per heavy atom. The molecule has 0 saturated carbocycles. The van der Waals surface area contributed by atoms with Crippen LogP contribution in [0, 0.1) is 74.0 Å². The van der Waals surface area contributed by atoms with Crippen LogP contribution < -0.4 is 0 Å². The lowest BCUT2D eigenvalue weighted by Gasteiger charge is -2.35. The molecule has 7 heteroatoms. The largest absolute Gasteiger partial charge is 0.373 e. The molecule has 88 heavy (non-hydrogen) atoms. The molecular formula is C81H123NO4S2. The van der Waals surface area contributed by atoms with Crippen molar-refractivity contribution < 1.29 is 18.9 Å². The zero-order valence-corrected chi connectivity index (χ0v) is 62.3. The van der Waals surface area contributed by atoms with Crippen molar-refractivity contribution in [2.45, 2.75) is 293 Å². The lowest BCUT2D eigenvalue weighted by molar-refractivity contribution is -0.0257. The summed E-state index contributed by atoms with van der Waals surface area (Å²) in [6, 6.07) is 14.4. The van der Waals surface area contributed by atoms with Gasteiger partial charge in [0, 0.05) is 31.6 Å². The van der Waals surface area contributed by atoms with Crippen LogP contribution in [0.15, 0.2) is 75.5 Å². The molecule has 6 unspecified atom stereocenters. The molecular weight excluding hydrogens is 1120 g/mol. The van der Waals surface area contributed by atoms with E-state index >= 15 is 0 Å². The van der Waals surface area contributed by atoms with Gasteiger partial charge in [-0.05, 0) is 243 Å². The Balaban J connectivity index is 0.000000151. The summed E-state index contributed by atoms with van der Waals surface area (Å²) < 4.78 is 23.5. The number of hydrogen-bond donors (Lipinski definition) is 0. The summed E-state index contributed by atoms with van der Waals surface area (Å²) >= 11 is 3.80. The highest BCUT2D eigenvalue weighted by molar-refractivity contribution is 7.12. The fourth-order valence-corrected chi connectivity index (χ4v) is 17.4. The van der Waals surface area contributed by atoms with Gasteiger partial charge in [0.25, 0.3) is 0 Å². The molecule has 5 nitrogen and oxygen atoms in total. The van der Waals surface area contributed by atoms with Crippen LogP contribution in [0.3, 0.4) is 0 Å². The highest BCUT2D eigenvalue weighted by Gasteiger charge is 2.39. The van der Waals surface area contributed by atoms with Crippen molar-refractivity contribution in [2.24, 2.45) is 37.5 Å². The minimum atomic E-state index is 0.162. The van der Waals surface area contributed by atoms with Gasteiger partial charge in [0.1, 0.15) is 6.10 Å². The Bertz CT molecular complexity index is 3030. The molecule has 6 atom stereocenters. The van der Waals surface area contributed by atoms with Crippen LogP contribution in [-0.4, -0.2) is 44.3 Å². The molecule has 0 bridgehead atoms. The molecule has 0 spiro atoms. The molecule has 0 N–H and O–H groups in total. The van der Waals surface area contributed by atoms with E-state index in [1.807, 2.05) is 22.7 Å². The topological polar surface area (TPSA) is 49.3 Å². The number of fused-ring (bicyclic) bond motifs is 4. The molecule has 0 fully saturated rings. The Morgan fingerprint density at radius 2 is 0.795 bits per heavy atom. The minimum Gasteiger partial charge on any atom is -0.373 e. The molecule has 3 aliphatic carbocycles. The standard InChI is InChI=1S/C17H26.C15H22.C13H20O.C12H19NO.2C12H18OS/c1-12-10-14-8-6-7-9-16(17(3,4)5)15(14)11-13(12)2;1-10-8-12-6-7-14(15(3,4)5)13(12)9-11(10)2;1-9-7-10-5-6-14-12(11(10)8-9)13(2,3)4;1-8-7-9-5-6-14-11(10(9)13-8)12(2,3)4;2*1-8-7-9-5-6-13-11(10(9)14-8)12(2,3)4/h10-11,16H,6-9H2,1-5H3;8-9,14H,6-7H2,1-5H3;8,12H,5-7H2,1-4H3;11H,5-7H2,1-4H3;2*7,11H,5-6H2,1-4H3. The van der Waals surface area contributed by atoms with Gasteiger partial charge in [0.05, 0.1) is 50.4 Å². The number of allylic oxidation sites excluding steroid dienone is 1. The Hall–Kier alpha value is -3.43. The van der Waals surface area contributed by atoms with Crippen molar-refractivity contribution in [3.05, 3.63) is 146 Å². The molecule has 0 amide bonds. The summed E-state index contributed by atoms with van der Waals surface area (Å²) in [5.41, 5.74) is 25.5. The summed E-state index contributed by atoms with van der Waals surface area (Å²) in [4.78, 5) is 10.4. The summed E-state index contributed by atoms with van der Waals surface area (Å²) in [6.07, 6.45) is 18.1. The minimum absolute atomic E-state index is 0.162. The lowest BCUT2D eigenvalue weighted by atomic mass is 9.73. The highest BCUT2D eigenvalue weighted by atomic mass is 32.1. The maximum absolute atomic E-state index is 5.90. The van der Waals surface area contributed by atoms with Crippen LogP contribution in [0.5, 0.6) is 0 Å². The fourth-order valence-electron chi connectivity index (χ4n) is 14.6. The van der Waals surface area contributed by atoms with Crippen LogP contribution in [0.25, 0.3) is 0 Å². The predicted octanol–water partition coefficient (Wildman–Crippen LogP) is 23.4. The van der Waals surface area contributed by atoms with E-state index < -0.39 is 0 Å². The second-order valence-corrected chi connectivity index (χ2v) is 36.7. The molecule has 2 aromatic carbocycles. The summed E-state index contributed by atoms with van der Waals surface area (Å²) in [5, 5.41) is 0. The molecule has 0 radical (unpaired) electrons. The third-order valence-corrected chi connectivity index (χ3v) is 21.7. The smallest absolute Gasteiger partial charge is 0.104 e. The van der Waals surface area contributed by atoms with Crippen molar-refractivity contribution in [1.82, 2.24) is 0 Å². The zero-order chi connectivity index (χ0) is 65.2. The van der Waals surface area contributed by atoms with Crippen molar-refractivity contribution in [1.29, 1.82) is 0 Å². The molecule has 7 heterocycles. The normalized spacial score (nSPS) is 23.4. The van der Waals surface area contributed by atoms with Crippen molar-refractivity contribution in [2.75, 3.05) is 26.4 Å². The summed E-state index contributed by atoms with van der Waals surface area (Å²) in [5.74, 6) is 1.49. The Kier molecular flexibility index (Phi) is 23.6. The van der Waals surface area contributed by atoms with Gasteiger partial charge in [-0.15, -0.1) is 22.7 Å². The number of aliphatic imine (C=N–C) groups is 1. The molecule has 0 saturated heterocycles. The van der Waals surface area contributed by atoms with Crippen LogP contribution in [0.4, 0.5) is 0 Å². The second kappa shape index (κ2) is 28.8. The first kappa shape index (κ1) is 72.0. The quantitative estimate of drug-likeness (QED) is 0.165. The van der Waals surface area contributed by atoms with Gasteiger partial charge in [-0.3, -0.25) is 4.99 Å². The Labute approximate surface area is 546 Å². The second-order valence-electron chi connectivity index (χ2n) is 34.1. The van der Waals surface area contributed by atoms with Crippen molar-refractivity contribution >= 4 is 28.4 Å². The number of benzene rings is 2. The number of thiophene rings is 2. The fraction of sp³-hybridized carbons (Fsp3) is 0.667. The molecule has 8 aliphatic rings. The molecule has 5 aliphatic heterocycles. The van der Waals surface area contributed by atoms with Crippen molar-refractivity contribution in [3.63, 3.8) is 0 Å². The average Bonchev–Trinajstić information content (AvgIpc) is 1.94. The monoisotopic (exact) mass is 1240 g/mol. The number of hydrogen-bond acceptors (Lipinski definition) is 7. The predicted molar refractivity (Wildman–Crippen MR) is 382 cm³/mol. The van der Waals surface area contributed by atoms with E-state index in [1.54, 1.807) is 27.8 Å². The van der Waals surface area contributed by atoms with Gasteiger partial charge >= 0.3 is 0 Å². The van der Waals surface area contributed by atoms with E-state index in [1.165, 1.54) is 126 Å². The van der Waals surface area contributed by atoms with E-state index in [4.69, 9.17) is 18.9 Å². The summed E-state index contributed by atoms with van der Waals surface area (Å²) in [6.45, 7) is 62.4. The van der Waals surface area contributed by atoms with E-state index in [2.05, 4.69) is 227 Å². The maximum atomic E-state index is 5.90. The van der Waals surface area contributed by atoms with Crippen LogP contribution >= 0.6 is 22.7 Å². The number of nitrogens with zero attached hydrogens (tertiary/aromatic N) is 1. The van der Waals surface area contributed by atoms with E-state index in [9.17, 15) is 0 Å². The SMILES string of the molecule is CC1=CC2=C(CCOC2C(C)(C)C)C1.CC1=NC2=C(CCOC2C(C)(C)C)C1.Cc1cc2c(cc1C)C(C(C)(C)C)CC2.Cc1cc2c(cc1C)C(C(C)(C)C)CCCC2.Cc1cc2c(s1)C(C(C)(C)C)OCC2.Cc1cc2c(s1)C(C(C)(C)C)OCC2. The van der Waals surface area contributed by atoms with Gasteiger partial charge in [-0.1, -0.05) is 173 Å². The Morgan fingerprint density at radius 3 is 1.26 bits per heavy atom. The van der Waals surface area contributed by atoms with Crippen LogP contribution in [0.1, 0.15) is 289 Å². The summed E-state index contributed by atoms with van der Waals surface area (Å²) in [7, 11) is 0. The first-order valence-electron chi connectivity index (χ1n) is 34.2. The maximum Gasteiger partial charge on any atom is 0.104 e. The van der Waals surface area contributed by atoms with Crippen LogP contribution in [-0.2, 0) is 44.6 Å². The van der Waals surface area contributed by atoms with Gasteiger partial charge in [0.15, 0.2) is 0 Å². The molecule has 4 aromatic rings. The van der Waals surface area contributed by atoms with E-state index in [0.717, 1.165) is 70.4 Å². The number of ether oxygens (including phenoxy) is 4. The highest BCUT2D eigenvalue weighted by Crippen LogP contribution is 2.49. The van der Waals surface area contributed by atoms with Crippen molar-refractivity contribution in [3.8, 4) is 0 Å². The third-order valence-electron chi connectivity index (χ3n) is 19.5. The number of rotatable bonds is 0. The average molecular weight is 1240 g/mol. The zero-order valence-electron chi connectivity index (χ0n) is 60.7. The van der Waals surface area contributed by atoms with Gasteiger partial charge < -0.3 is 18.9 Å². The van der Waals surface area contributed by atoms with Gasteiger partial charge in [-0.25, -0.2) is 0 Å². The number of aryl methyl sites for hydroxylation is 8. The first-order valence-corrected chi connectivity index (χ1v) is 35.9. The van der Waals surface area contributed by atoms with Gasteiger partial charge in [0.2, 0.25) is 0 Å². The van der Waals surface area contributed by atoms with E-state index in [-0.39, 0.29) is 27.8 Å². The molecule has 2 aromatic heterocycles. The molecule has 12 rings (SSSR count).